The van der Waals surface area contributed by atoms with Crippen LogP contribution in [0.5, 0.6) is 0 Å². The molecule has 0 saturated carbocycles. The first-order chi connectivity index (χ1) is 6.41. The van der Waals surface area contributed by atoms with E-state index in [1.54, 1.807) is 0 Å². The van der Waals surface area contributed by atoms with Crippen LogP contribution in [-0.4, -0.2) is 15.6 Å². The van der Waals surface area contributed by atoms with Gasteiger partial charge in [0.1, 0.15) is 0 Å². The number of carbonyl (C=O) groups is 1. The van der Waals surface area contributed by atoms with Crippen LogP contribution in [0.25, 0.3) is 0 Å². The summed E-state index contributed by atoms with van der Waals surface area (Å²) in [5, 5.41) is 4.45. The van der Waals surface area contributed by atoms with Crippen molar-refractivity contribution in [2.45, 2.75) is 39.0 Å². The summed E-state index contributed by atoms with van der Waals surface area (Å²) < 4.78 is 1.86. The molecular weight excluding hydrogens is 176 g/mol. The Kier molecular flexibility index (Phi) is 1.81. The summed E-state index contributed by atoms with van der Waals surface area (Å²) in [6.45, 7) is 6.30. The number of fused-ring (bicyclic) bond motifs is 1. The molecule has 0 bridgehead atoms. The number of carbonyl (C=O) groups excluding carboxylic acids is 1. The highest BCUT2D eigenvalue weighted by molar-refractivity contribution is 6.01. The lowest BCUT2D eigenvalue weighted by molar-refractivity contribution is 0.0992. The number of Topliss-reactive ketones (excluding diaryl/α,β-unsaturated/α-hetero) is 1. The highest BCUT2D eigenvalue weighted by atomic mass is 16.1. The number of ketones is 1. The van der Waals surface area contributed by atoms with Crippen molar-refractivity contribution in [3.63, 3.8) is 0 Å². The van der Waals surface area contributed by atoms with Gasteiger partial charge in [0.2, 0.25) is 0 Å². The second-order valence-electron chi connectivity index (χ2n) is 4.97. The number of nitrogens with zero attached hydrogens (tertiary/aromatic N) is 2. The van der Waals surface area contributed by atoms with E-state index >= 15 is 0 Å². The molecule has 0 aliphatic heterocycles. The molecule has 76 valence electrons. The number of rotatable bonds is 0. The van der Waals surface area contributed by atoms with Crippen LogP contribution in [0.2, 0.25) is 0 Å². The molecule has 0 unspecified atom stereocenters. The fourth-order valence-corrected chi connectivity index (χ4v) is 2.02. The Bertz CT molecular complexity index is 396. The van der Waals surface area contributed by atoms with Crippen LogP contribution in [0.15, 0.2) is 0 Å². The van der Waals surface area contributed by atoms with Gasteiger partial charge in [-0.2, -0.15) is 5.10 Å². The van der Waals surface area contributed by atoms with Crippen LogP contribution in [0, 0.1) is 0 Å². The Hall–Kier alpha value is -1.12. The van der Waals surface area contributed by atoms with Gasteiger partial charge in [-0.05, 0) is 6.42 Å². The van der Waals surface area contributed by atoms with Crippen molar-refractivity contribution in [3.05, 3.63) is 17.0 Å². The maximum atomic E-state index is 11.7. The number of hydrogen-bond acceptors (Lipinski definition) is 2. The lowest BCUT2D eigenvalue weighted by atomic mass is 9.89. The third kappa shape index (κ3) is 1.19. The van der Waals surface area contributed by atoms with Gasteiger partial charge < -0.3 is 0 Å². The Balaban J connectivity index is 2.64. The van der Waals surface area contributed by atoms with Gasteiger partial charge in [0.25, 0.3) is 0 Å². The molecule has 3 heteroatoms. The highest BCUT2D eigenvalue weighted by Crippen LogP contribution is 2.32. The van der Waals surface area contributed by atoms with Crippen molar-refractivity contribution in [1.29, 1.82) is 0 Å². The van der Waals surface area contributed by atoms with Crippen LogP contribution in [0.4, 0.5) is 0 Å². The van der Waals surface area contributed by atoms with Gasteiger partial charge in [0, 0.05) is 24.6 Å². The summed E-state index contributed by atoms with van der Waals surface area (Å²) in [4.78, 5) is 11.7. The van der Waals surface area contributed by atoms with Crippen LogP contribution < -0.4 is 0 Å². The number of aryl methyl sites for hydroxylation is 1. The first kappa shape index (κ1) is 9.44. The molecule has 0 atom stereocenters. The van der Waals surface area contributed by atoms with Gasteiger partial charge in [0.15, 0.2) is 5.78 Å². The average molecular weight is 192 g/mol. The van der Waals surface area contributed by atoms with Crippen LogP contribution in [0.1, 0.15) is 48.9 Å². The minimum absolute atomic E-state index is 0.0364. The van der Waals surface area contributed by atoms with Crippen LogP contribution in [0.3, 0.4) is 0 Å². The van der Waals surface area contributed by atoms with Crippen molar-refractivity contribution in [1.82, 2.24) is 9.78 Å². The van der Waals surface area contributed by atoms with Crippen molar-refractivity contribution < 1.29 is 4.79 Å². The van der Waals surface area contributed by atoms with Gasteiger partial charge in [-0.3, -0.25) is 9.48 Å². The maximum absolute atomic E-state index is 11.7. The van der Waals surface area contributed by atoms with Crippen LogP contribution >= 0.6 is 0 Å². The minimum atomic E-state index is -0.0364. The molecule has 0 radical (unpaired) electrons. The SMILES string of the molecule is Cn1nc(C(C)(C)C)c2c1CCC2=O. The van der Waals surface area contributed by atoms with Crippen molar-refractivity contribution in [2.24, 2.45) is 7.05 Å². The molecule has 3 nitrogen and oxygen atoms in total. The van der Waals surface area contributed by atoms with Gasteiger partial charge in [-0.1, -0.05) is 20.8 Å². The quantitative estimate of drug-likeness (QED) is 0.628. The first-order valence-corrected chi connectivity index (χ1v) is 5.01. The zero-order valence-corrected chi connectivity index (χ0v) is 9.22. The standard InChI is InChI=1S/C11H16N2O/c1-11(2,3)10-9-7(13(4)12-10)5-6-8(9)14/h5-6H2,1-4H3. The predicted molar refractivity (Wildman–Crippen MR) is 54.6 cm³/mol. The molecule has 1 aliphatic carbocycles. The zero-order chi connectivity index (χ0) is 10.5. The molecule has 1 aromatic rings. The van der Waals surface area contributed by atoms with E-state index < -0.39 is 0 Å². The van der Waals surface area contributed by atoms with Crippen molar-refractivity contribution in [3.8, 4) is 0 Å². The maximum Gasteiger partial charge on any atom is 0.167 e. The molecule has 0 fully saturated rings. The molecule has 1 aromatic heterocycles. The molecule has 0 N–H and O–H groups in total. The third-order valence-electron chi connectivity index (χ3n) is 2.74. The fourth-order valence-electron chi connectivity index (χ4n) is 2.02. The Labute approximate surface area is 84.1 Å². The van der Waals surface area contributed by atoms with Gasteiger partial charge in [-0.25, -0.2) is 0 Å². The van der Waals surface area contributed by atoms with E-state index in [9.17, 15) is 4.79 Å². The molecule has 1 aliphatic rings. The van der Waals surface area contributed by atoms with E-state index in [-0.39, 0.29) is 11.2 Å². The highest BCUT2D eigenvalue weighted by Gasteiger charge is 2.33. The normalized spacial score (nSPS) is 16.1. The van der Waals surface area contributed by atoms with E-state index in [2.05, 4.69) is 25.9 Å². The average Bonchev–Trinajstić information content (AvgIpc) is 2.54. The third-order valence-corrected chi connectivity index (χ3v) is 2.74. The zero-order valence-electron chi connectivity index (χ0n) is 9.22. The van der Waals surface area contributed by atoms with Crippen molar-refractivity contribution >= 4 is 5.78 Å². The number of hydrogen-bond donors (Lipinski definition) is 0. The van der Waals surface area contributed by atoms with Gasteiger partial charge in [-0.15, -0.1) is 0 Å². The summed E-state index contributed by atoms with van der Waals surface area (Å²) in [6.07, 6.45) is 1.51. The number of aromatic nitrogens is 2. The molecule has 0 aromatic carbocycles. The fraction of sp³-hybridized carbons (Fsp3) is 0.636. The Morgan fingerprint density at radius 1 is 1.29 bits per heavy atom. The predicted octanol–water partition coefficient (Wildman–Crippen LogP) is 1.85. The topological polar surface area (TPSA) is 34.9 Å². The molecule has 14 heavy (non-hydrogen) atoms. The van der Waals surface area contributed by atoms with Crippen molar-refractivity contribution in [2.75, 3.05) is 0 Å². The summed E-state index contributed by atoms with van der Waals surface area (Å²) in [6, 6.07) is 0. The molecule has 0 amide bonds. The second kappa shape index (κ2) is 2.69. The molecule has 0 spiro atoms. The molecule has 1 heterocycles. The van der Waals surface area contributed by atoms with E-state index in [4.69, 9.17) is 0 Å². The van der Waals surface area contributed by atoms with Gasteiger partial charge >= 0.3 is 0 Å². The summed E-state index contributed by atoms with van der Waals surface area (Å²) >= 11 is 0. The second-order valence-corrected chi connectivity index (χ2v) is 4.97. The largest absolute Gasteiger partial charge is 0.294 e. The molecular formula is C11H16N2O. The Morgan fingerprint density at radius 3 is 2.50 bits per heavy atom. The van der Waals surface area contributed by atoms with E-state index in [0.29, 0.717) is 6.42 Å². The summed E-state index contributed by atoms with van der Waals surface area (Å²) in [5.74, 6) is 0.262. The molecule has 0 saturated heterocycles. The monoisotopic (exact) mass is 192 g/mol. The Morgan fingerprint density at radius 2 is 1.93 bits per heavy atom. The smallest absolute Gasteiger partial charge is 0.167 e. The molecule has 2 rings (SSSR count). The van der Waals surface area contributed by atoms with Crippen LogP contribution in [-0.2, 0) is 18.9 Å². The van der Waals surface area contributed by atoms with E-state index in [1.807, 2.05) is 11.7 Å². The lowest BCUT2D eigenvalue weighted by Crippen LogP contribution is -2.16. The van der Waals surface area contributed by atoms with E-state index in [1.165, 1.54) is 0 Å². The van der Waals surface area contributed by atoms with E-state index in [0.717, 1.165) is 23.4 Å². The minimum Gasteiger partial charge on any atom is -0.294 e. The van der Waals surface area contributed by atoms with Gasteiger partial charge in [0.05, 0.1) is 11.3 Å². The first-order valence-electron chi connectivity index (χ1n) is 5.01. The summed E-state index contributed by atoms with van der Waals surface area (Å²) in [5.41, 5.74) is 2.92. The lowest BCUT2D eigenvalue weighted by Gasteiger charge is -2.16. The summed E-state index contributed by atoms with van der Waals surface area (Å²) in [7, 11) is 1.92.